The van der Waals surface area contributed by atoms with Crippen LogP contribution in [0.5, 0.6) is 0 Å². The molecule has 0 bridgehead atoms. The largest absolute Gasteiger partial charge is 0.398 e. The number of nitrogen functional groups attached to an aromatic ring is 1. The number of rotatable bonds is 3. The summed E-state index contributed by atoms with van der Waals surface area (Å²) >= 11 is 0. The number of hydrogen-bond acceptors (Lipinski definition) is 3. The average Bonchev–Trinajstić information content (AvgIpc) is 2.61. The van der Waals surface area contributed by atoms with E-state index in [0.717, 1.165) is 17.0 Å². The van der Waals surface area contributed by atoms with E-state index in [4.69, 9.17) is 5.73 Å². The van der Waals surface area contributed by atoms with E-state index in [1.54, 1.807) is 10.7 Å². The molecule has 0 aliphatic rings. The fourth-order valence-electron chi connectivity index (χ4n) is 2.04. The van der Waals surface area contributed by atoms with Crippen LogP contribution in [0.3, 0.4) is 0 Å². The zero-order valence-electron chi connectivity index (χ0n) is 10.9. The zero-order chi connectivity index (χ0) is 13.3. The normalized spacial score (nSPS) is 10.6. The maximum Gasteiger partial charge on any atom is 0.169 e. The number of nitrogens with zero attached hydrogens (tertiary/aromatic N) is 2. The Hall–Kier alpha value is -2.10. The number of aromatic nitrogens is 2. The first-order chi connectivity index (χ1) is 8.49. The van der Waals surface area contributed by atoms with E-state index in [1.807, 2.05) is 39.1 Å². The van der Waals surface area contributed by atoms with E-state index < -0.39 is 0 Å². The number of ketones is 1. The molecule has 1 heterocycles. The number of carbonyl (C=O) groups excluding carboxylic acids is 1. The third-order valence-electron chi connectivity index (χ3n) is 3.12. The van der Waals surface area contributed by atoms with E-state index in [1.165, 1.54) is 0 Å². The van der Waals surface area contributed by atoms with Crippen molar-refractivity contribution in [1.82, 2.24) is 9.78 Å². The molecule has 0 radical (unpaired) electrons. The molecule has 0 amide bonds. The predicted octanol–water partition coefficient (Wildman–Crippen LogP) is 2.04. The zero-order valence-corrected chi connectivity index (χ0v) is 10.9. The first-order valence-electron chi connectivity index (χ1n) is 5.87. The third kappa shape index (κ3) is 2.27. The number of aryl methyl sites for hydroxylation is 2. The number of Topliss-reactive ketones (excluding diaryl/α,β-unsaturated/α-hetero) is 1. The summed E-state index contributed by atoms with van der Waals surface area (Å²) in [7, 11) is 1.85. The Bertz CT molecular complexity index is 599. The van der Waals surface area contributed by atoms with Crippen LogP contribution in [-0.2, 0) is 13.5 Å². The van der Waals surface area contributed by atoms with Gasteiger partial charge < -0.3 is 5.73 Å². The summed E-state index contributed by atoms with van der Waals surface area (Å²) in [6, 6.07) is 7.36. The molecule has 4 nitrogen and oxygen atoms in total. The summed E-state index contributed by atoms with van der Waals surface area (Å²) in [5, 5.41) is 4.24. The van der Waals surface area contributed by atoms with Gasteiger partial charge in [0.15, 0.2) is 5.78 Å². The lowest BCUT2D eigenvalue weighted by Crippen LogP contribution is -2.10. The maximum absolute atomic E-state index is 12.3. The van der Waals surface area contributed by atoms with E-state index >= 15 is 0 Å². The van der Waals surface area contributed by atoms with Gasteiger partial charge in [0.1, 0.15) is 0 Å². The maximum atomic E-state index is 12.3. The van der Waals surface area contributed by atoms with Crippen LogP contribution in [0.4, 0.5) is 5.69 Å². The molecular weight excluding hydrogens is 226 g/mol. The first-order valence-corrected chi connectivity index (χ1v) is 5.87. The highest BCUT2D eigenvalue weighted by atomic mass is 16.1. The first kappa shape index (κ1) is 12.4. The second kappa shape index (κ2) is 4.64. The van der Waals surface area contributed by atoms with Gasteiger partial charge in [-0.1, -0.05) is 12.1 Å². The molecule has 0 atom stereocenters. The Balaban J connectivity index is 2.27. The molecule has 2 rings (SSSR count). The molecule has 0 fully saturated rings. The summed E-state index contributed by atoms with van der Waals surface area (Å²) in [6.45, 7) is 3.79. The molecule has 0 saturated carbocycles. The van der Waals surface area contributed by atoms with E-state index in [9.17, 15) is 4.79 Å². The number of nitrogens with two attached hydrogens (primary N) is 1. The van der Waals surface area contributed by atoms with E-state index in [2.05, 4.69) is 5.10 Å². The van der Waals surface area contributed by atoms with Gasteiger partial charge in [-0.15, -0.1) is 0 Å². The molecule has 2 aromatic rings. The summed E-state index contributed by atoms with van der Waals surface area (Å²) < 4.78 is 1.74. The van der Waals surface area contributed by atoms with Crippen molar-refractivity contribution >= 4 is 11.5 Å². The molecule has 1 aromatic heterocycles. The van der Waals surface area contributed by atoms with Crippen molar-refractivity contribution in [1.29, 1.82) is 0 Å². The van der Waals surface area contributed by atoms with Gasteiger partial charge in [0.05, 0.1) is 12.1 Å². The molecule has 1 aromatic carbocycles. The molecule has 0 aliphatic carbocycles. The van der Waals surface area contributed by atoms with Gasteiger partial charge in [-0.25, -0.2) is 0 Å². The average molecular weight is 243 g/mol. The van der Waals surface area contributed by atoms with Gasteiger partial charge in [0, 0.05) is 24.0 Å². The highest BCUT2D eigenvalue weighted by Crippen LogP contribution is 2.17. The molecule has 0 saturated heterocycles. The number of anilines is 1. The minimum absolute atomic E-state index is 0.0720. The van der Waals surface area contributed by atoms with Gasteiger partial charge >= 0.3 is 0 Å². The highest BCUT2D eigenvalue weighted by Gasteiger charge is 2.13. The van der Waals surface area contributed by atoms with E-state index in [-0.39, 0.29) is 5.78 Å². The van der Waals surface area contributed by atoms with Crippen LogP contribution < -0.4 is 5.73 Å². The van der Waals surface area contributed by atoms with Gasteiger partial charge in [-0.3, -0.25) is 9.48 Å². The molecule has 18 heavy (non-hydrogen) atoms. The molecule has 4 heteroatoms. The van der Waals surface area contributed by atoms with Crippen molar-refractivity contribution in [2.24, 2.45) is 7.05 Å². The Labute approximate surface area is 106 Å². The van der Waals surface area contributed by atoms with Crippen LogP contribution in [-0.4, -0.2) is 15.6 Å². The predicted molar refractivity (Wildman–Crippen MR) is 71.6 cm³/mol. The molecule has 0 aliphatic heterocycles. The second-order valence-electron chi connectivity index (χ2n) is 4.52. The SMILES string of the molecule is Cc1cc(CC(=O)c2cccc(N)c2C)n(C)n1. The summed E-state index contributed by atoms with van der Waals surface area (Å²) in [5.41, 5.74) is 9.84. The minimum Gasteiger partial charge on any atom is -0.398 e. The van der Waals surface area contributed by atoms with Crippen molar-refractivity contribution in [2.45, 2.75) is 20.3 Å². The summed E-state index contributed by atoms with van der Waals surface area (Å²) in [6.07, 6.45) is 0.349. The Kier molecular flexibility index (Phi) is 3.19. The van der Waals surface area contributed by atoms with E-state index in [0.29, 0.717) is 17.7 Å². The number of carbonyl (C=O) groups is 1. The third-order valence-corrected chi connectivity index (χ3v) is 3.12. The summed E-state index contributed by atoms with van der Waals surface area (Å²) in [4.78, 5) is 12.3. The van der Waals surface area contributed by atoms with Crippen LogP contribution in [0.15, 0.2) is 24.3 Å². The minimum atomic E-state index is 0.0720. The Morgan fingerprint density at radius 2 is 2.11 bits per heavy atom. The van der Waals surface area contributed by atoms with Crippen molar-refractivity contribution in [2.75, 3.05) is 5.73 Å². The van der Waals surface area contributed by atoms with Crippen molar-refractivity contribution in [3.8, 4) is 0 Å². The van der Waals surface area contributed by atoms with Crippen LogP contribution in [0.25, 0.3) is 0 Å². The number of hydrogen-bond donors (Lipinski definition) is 1. The quantitative estimate of drug-likeness (QED) is 0.663. The lowest BCUT2D eigenvalue weighted by Gasteiger charge is -2.07. The van der Waals surface area contributed by atoms with Crippen LogP contribution in [0.2, 0.25) is 0 Å². The number of benzene rings is 1. The topological polar surface area (TPSA) is 60.9 Å². The van der Waals surface area contributed by atoms with Gasteiger partial charge in [0.25, 0.3) is 0 Å². The Morgan fingerprint density at radius 3 is 2.72 bits per heavy atom. The molecule has 0 unspecified atom stereocenters. The lowest BCUT2D eigenvalue weighted by molar-refractivity contribution is 0.0990. The van der Waals surface area contributed by atoms with Gasteiger partial charge in [-0.2, -0.15) is 5.10 Å². The standard InChI is InChI=1S/C14H17N3O/c1-9-7-11(17(3)16-9)8-14(18)12-5-4-6-13(15)10(12)2/h4-7H,8,15H2,1-3H3. The highest BCUT2D eigenvalue weighted by molar-refractivity contribution is 5.99. The molecular formula is C14H17N3O. The van der Waals surface area contributed by atoms with Crippen molar-refractivity contribution in [3.05, 3.63) is 46.8 Å². The van der Waals surface area contributed by atoms with Crippen molar-refractivity contribution < 1.29 is 4.79 Å². The smallest absolute Gasteiger partial charge is 0.169 e. The fraction of sp³-hybridized carbons (Fsp3) is 0.286. The monoisotopic (exact) mass is 243 g/mol. The second-order valence-corrected chi connectivity index (χ2v) is 4.52. The Morgan fingerprint density at radius 1 is 1.39 bits per heavy atom. The van der Waals surface area contributed by atoms with Crippen LogP contribution >= 0.6 is 0 Å². The van der Waals surface area contributed by atoms with Crippen LogP contribution in [0.1, 0.15) is 27.3 Å². The molecule has 94 valence electrons. The molecule has 0 spiro atoms. The summed E-state index contributed by atoms with van der Waals surface area (Å²) in [5.74, 6) is 0.0720. The lowest BCUT2D eigenvalue weighted by atomic mass is 10.00. The van der Waals surface area contributed by atoms with Gasteiger partial charge in [-0.05, 0) is 31.5 Å². The van der Waals surface area contributed by atoms with Gasteiger partial charge in [0.2, 0.25) is 0 Å². The fourth-order valence-corrected chi connectivity index (χ4v) is 2.04. The van der Waals surface area contributed by atoms with Crippen molar-refractivity contribution in [3.63, 3.8) is 0 Å². The molecule has 2 N–H and O–H groups in total. The van der Waals surface area contributed by atoms with Crippen LogP contribution in [0, 0.1) is 13.8 Å².